The molecule has 6 heteroatoms. The van der Waals surface area contributed by atoms with E-state index in [9.17, 15) is 10.5 Å². The smallest absolute Gasteiger partial charge is 0.189 e. The lowest BCUT2D eigenvalue weighted by Crippen LogP contribution is -2.05. The highest BCUT2D eigenvalue weighted by atomic mass is 15.0. The first-order chi connectivity index (χ1) is 22.5. The van der Waals surface area contributed by atoms with Gasteiger partial charge in [0.15, 0.2) is 5.69 Å². The summed E-state index contributed by atoms with van der Waals surface area (Å²) in [6, 6.07) is 40.8. The van der Waals surface area contributed by atoms with Gasteiger partial charge in [0, 0.05) is 38.4 Å². The number of aromatic nitrogens is 3. The van der Waals surface area contributed by atoms with E-state index in [-0.39, 0.29) is 0 Å². The summed E-state index contributed by atoms with van der Waals surface area (Å²) in [5.41, 5.74) is 10.2. The van der Waals surface area contributed by atoms with Crippen LogP contribution in [0, 0.1) is 43.1 Å². The third kappa shape index (κ3) is 3.97. The van der Waals surface area contributed by atoms with Crippen LogP contribution >= 0.6 is 0 Å². The molecule has 5 aromatic carbocycles. The molecule has 3 heterocycles. The number of pyridine rings is 1. The molecule has 0 amide bonds. The molecule has 3 aromatic heterocycles. The van der Waals surface area contributed by atoms with Gasteiger partial charge >= 0.3 is 0 Å². The van der Waals surface area contributed by atoms with Gasteiger partial charge < -0.3 is 9.13 Å². The van der Waals surface area contributed by atoms with Gasteiger partial charge in [-0.1, -0.05) is 54.6 Å². The van der Waals surface area contributed by atoms with Crippen molar-refractivity contribution in [2.75, 3.05) is 0 Å². The summed E-state index contributed by atoms with van der Waals surface area (Å²) in [4.78, 5) is 8.35. The molecule has 0 spiro atoms. The van der Waals surface area contributed by atoms with Crippen molar-refractivity contribution < 1.29 is 0 Å². The lowest BCUT2D eigenvalue weighted by atomic mass is 9.99. The third-order valence-electron chi connectivity index (χ3n) is 8.69. The Morgan fingerprint density at radius 1 is 0.587 bits per heavy atom. The molecule has 0 unspecified atom stereocenters. The van der Waals surface area contributed by atoms with Crippen LogP contribution in [0.5, 0.6) is 0 Å². The van der Waals surface area contributed by atoms with Crippen LogP contribution < -0.4 is 0 Å². The number of nitrogens with zero attached hydrogens (tertiary/aromatic N) is 6. The molecule has 8 rings (SSSR count). The van der Waals surface area contributed by atoms with Crippen LogP contribution in [0.15, 0.2) is 109 Å². The summed E-state index contributed by atoms with van der Waals surface area (Å²) in [6.07, 6.45) is 0. The zero-order chi connectivity index (χ0) is 31.5. The summed E-state index contributed by atoms with van der Waals surface area (Å²) in [7, 11) is 0. The van der Waals surface area contributed by atoms with Crippen LogP contribution in [-0.2, 0) is 0 Å². The van der Waals surface area contributed by atoms with Crippen molar-refractivity contribution in [1.29, 1.82) is 10.5 Å². The highest BCUT2D eigenvalue weighted by Gasteiger charge is 2.23. The van der Waals surface area contributed by atoms with Crippen molar-refractivity contribution in [2.24, 2.45) is 0 Å². The van der Waals surface area contributed by atoms with Crippen LogP contribution in [0.3, 0.4) is 0 Å². The van der Waals surface area contributed by atoms with Crippen LogP contribution in [0.2, 0.25) is 0 Å². The molecule has 8 aromatic rings. The molecule has 0 fully saturated rings. The molecule has 0 atom stereocenters. The Morgan fingerprint density at radius 3 is 1.67 bits per heavy atom. The first kappa shape index (κ1) is 26.9. The van der Waals surface area contributed by atoms with Crippen LogP contribution in [0.1, 0.15) is 22.5 Å². The maximum absolute atomic E-state index is 11.0. The SMILES string of the molecule is [C-]#[N+]c1ccc2c3ccccc3n(-c3cc(-c4cc(C)nc(C)c4)cc(-n4c5ccccc5c5ccc(C#N)cc54)c3C#N)c2c1. The average Bonchev–Trinajstić information content (AvgIpc) is 3.59. The van der Waals surface area contributed by atoms with Crippen LogP contribution in [0.4, 0.5) is 5.69 Å². The maximum Gasteiger partial charge on any atom is 0.189 e. The minimum Gasteiger partial charge on any atom is -0.309 e. The molecule has 0 radical (unpaired) electrons. The van der Waals surface area contributed by atoms with E-state index in [1.807, 2.05) is 74.5 Å². The molecule has 0 bridgehead atoms. The second kappa shape index (κ2) is 10.2. The van der Waals surface area contributed by atoms with Crippen molar-refractivity contribution in [1.82, 2.24) is 14.1 Å². The van der Waals surface area contributed by atoms with Gasteiger partial charge in [0.25, 0.3) is 0 Å². The van der Waals surface area contributed by atoms with Gasteiger partial charge in [-0.2, -0.15) is 10.5 Å². The van der Waals surface area contributed by atoms with Gasteiger partial charge in [-0.05, 0) is 79.6 Å². The van der Waals surface area contributed by atoms with Crippen molar-refractivity contribution in [2.45, 2.75) is 13.8 Å². The maximum atomic E-state index is 11.0. The highest BCUT2D eigenvalue weighted by molar-refractivity contribution is 6.11. The van der Waals surface area contributed by atoms with Gasteiger partial charge in [0.1, 0.15) is 11.6 Å². The zero-order valence-corrected chi connectivity index (χ0v) is 25.1. The molecule has 46 heavy (non-hydrogen) atoms. The number of rotatable bonds is 3. The summed E-state index contributed by atoms with van der Waals surface area (Å²) in [6.45, 7) is 11.7. The predicted octanol–water partition coefficient (Wildman–Crippen LogP) is 9.85. The molecule has 0 aliphatic rings. The van der Waals surface area contributed by atoms with Crippen molar-refractivity contribution >= 4 is 49.3 Å². The molecule has 6 nitrogen and oxygen atoms in total. The number of hydrogen-bond acceptors (Lipinski definition) is 3. The number of para-hydroxylation sites is 2. The Labute approximate surface area is 265 Å². The second-order valence-electron chi connectivity index (χ2n) is 11.5. The van der Waals surface area contributed by atoms with Crippen molar-refractivity contribution in [3.05, 3.63) is 143 Å². The molecule has 0 aliphatic carbocycles. The van der Waals surface area contributed by atoms with E-state index in [1.165, 1.54) is 0 Å². The number of fused-ring (bicyclic) bond motifs is 6. The zero-order valence-electron chi connectivity index (χ0n) is 25.1. The lowest BCUT2D eigenvalue weighted by Gasteiger charge is -2.19. The van der Waals surface area contributed by atoms with Gasteiger partial charge in [0.2, 0.25) is 0 Å². The van der Waals surface area contributed by atoms with Crippen molar-refractivity contribution in [3.63, 3.8) is 0 Å². The average molecular weight is 589 g/mol. The van der Waals surface area contributed by atoms with E-state index in [1.54, 1.807) is 0 Å². The normalized spacial score (nSPS) is 11.2. The van der Waals surface area contributed by atoms with Gasteiger partial charge in [-0.3, -0.25) is 4.98 Å². The molecular weight excluding hydrogens is 564 g/mol. The number of benzene rings is 5. The molecule has 0 N–H and O–H groups in total. The van der Waals surface area contributed by atoms with E-state index in [0.717, 1.165) is 66.1 Å². The molecule has 0 saturated carbocycles. The van der Waals surface area contributed by atoms with Gasteiger partial charge in [-0.25, -0.2) is 4.85 Å². The lowest BCUT2D eigenvalue weighted by molar-refractivity contribution is 1.11. The fraction of sp³-hybridized carbons (Fsp3) is 0.0500. The topological polar surface area (TPSA) is 74.7 Å². The standard InChI is InChI=1S/C40H24N6/c1-24-16-27(17-25(2)44-24)28-19-38(45-35-10-6-4-8-30(35)32-14-12-26(22-41)18-37(32)45)34(23-42)39(20-28)46-36-11-7-5-9-31(36)33-15-13-29(43-3)21-40(33)46/h4-21H,1-2H3. The number of hydrogen-bond donors (Lipinski definition) is 0. The summed E-state index contributed by atoms with van der Waals surface area (Å²) < 4.78 is 4.22. The van der Waals surface area contributed by atoms with E-state index >= 15 is 0 Å². The van der Waals surface area contributed by atoms with E-state index < -0.39 is 0 Å². The minimum atomic E-state index is 0.479. The van der Waals surface area contributed by atoms with Crippen LogP contribution in [-0.4, -0.2) is 14.1 Å². The van der Waals surface area contributed by atoms with Crippen LogP contribution in [0.25, 0.3) is 71.0 Å². The number of aryl methyl sites for hydroxylation is 2. The third-order valence-corrected chi connectivity index (χ3v) is 8.69. The summed E-state index contributed by atoms with van der Waals surface area (Å²) in [5.74, 6) is 0. The summed E-state index contributed by atoms with van der Waals surface area (Å²) in [5, 5.41) is 25.0. The second-order valence-corrected chi connectivity index (χ2v) is 11.5. The minimum absolute atomic E-state index is 0.479. The van der Waals surface area contributed by atoms with Gasteiger partial charge in [0.05, 0.1) is 46.1 Å². The summed E-state index contributed by atoms with van der Waals surface area (Å²) >= 11 is 0. The fourth-order valence-corrected chi connectivity index (χ4v) is 6.83. The molecule has 0 aliphatic heterocycles. The van der Waals surface area contributed by atoms with E-state index in [2.05, 4.69) is 79.6 Å². The first-order valence-corrected chi connectivity index (χ1v) is 14.9. The Kier molecular flexibility index (Phi) is 5.97. The Bertz CT molecular complexity index is 2530. The number of nitriles is 2. The molecule has 0 saturated heterocycles. The highest BCUT2D eigenvalue weighted by Crippen LogP contribution is 2.41. The monoisotopic (exact) mass is 588 g/mol. The molecule has 214 valence electrons. The quantitative estimate of drug-likeness (QED) is 0.193. The van der Waals surface area contributed by atoms with E-state index in [4.69, 9.17) is 6.57 Å². The largest absolute Gasteiger partial charge is 0.309 e. The van der Waals surface area contributed by atoms with Crippen molar-refractivity contribution in [3.8, 4) is 34.6 Å². The Morgan fingerprint density at radius 2 is 1.11 bits per heavy atom. The molecular formula is C40H24N6. The Balaban J connectivity index is 1.59. The predicted molar refractivity (Wildman–Crippen MR) is 184 cm³/mol. The fourth-order valence-electron chi connectivity index (χ4n) is 6.83. The van der Waals surface area contributed by atoms with E-state index in [0.29, 0.717) is 28.2 Å². The van der Waals surface area contributed by atoms with Gasteiger partial charge in [-0.15, -0.1) is 0 Å². The first-order valence-electron chi connectivity index (χ1n) is 14.9. The Hall–Kier alpha value is -6.68.